The molecule has 0 spiro atoms. The molecule has 0 unspecified atom stereocenters. The predicted molar refractivity (Wildman–Crippen MR) is 64.1 cm³/mol. The zero-order chi connectivity index (χ0) is 12.8. The molecule has 0 aliphatic rings. The highest BCUT2D eigenvalue weighted by atomic mass is 19.1. The summed E-state index contributed by atoms with van der Waals surface area (Å²) < 4.78 is 13.1. The molecule has 0 aliphatic heterocycles. The zero-order valence-electron chi connectivity index (χ0n) is 9.82. The molecule has 1 aromatic carbocycles. The van der Waals surface area contributed by atoms with Crippen LogP contribution < -0.4 is 5.73 Å². The van der Waals surface area contributed by atoms with E-state index in [1.165, 1.54) is 11.0 Å². The Labute approximate surface area is 99.8 Å². The van der Waals surface area contributed by atoms with Crippen LogP contribution in [0.4, 0.5) is 10.1 Å². The van der Waals surface area contributed by atoms with Gasteiger partial charge in [0, 0.05) is 24.3 Å². The monoisotopic (exact) mass is 240 g/mol. The van der Waals surface area contributed by atoms with Crippen molar-refractivity contribution < 1.29 is 14.3 Å². The van der Waals surface area contributed by atoms with Gasteiger partial charge in [0.25, 0.3) is 5.91 Å². The van der Waals surface area contributed by atoms with E-state index in [9.17, 15) is 9.18 Å². The van der Waals surface area contributed by atoms with E-state index >= 15 is 0 Å². The highest BCUT2D eigenvalue weighted by Gasteiger charge is 2.15. The number of nitrogens with zero attached hydrogens (tertiary/aromatic N) is 1. The van der Waals surface area contributed by atoms with Crippen molar-refractivity contribution in [3.8, 4) is 0 Å². The first-order valence-corrected chi connectivity index (χ1v) is 5.54. The lowest BCUT2D eigenvalue weighted by atomic mass is 10.1. The third-order valence-electron chi connectivity index (χ3n) is 2.32. The summed E-state index contributed by atoms with van der Waals surface area (Å²) >= 11 is 0. The number of carbonyl (C=O) groups excluding carboxylic acids is 1. The highest BCUT2D eigenvalue weighted by Crippen LogP contribution is 2.13. The Kier molecular flexibility index (Phi) is 4.90. The van der Waals surface area contributed by atoms with Crippen LogP contribution in [0.5, 0.6) is 0 Å². The Bertz CT molecular complexity index is 370. The number of rotatable bonds is 5. The number of carbonyl (C=O) groups is 1. The Hall–Kier alpha value is -1.62. The maximum atomic E-state index is 13.1. The summed E-state index contributed by atoms with van der Waals surface area (Å²) in [7, 11) is 0. The first kappa shape index (κ1) is 13.4. The number of aliphatic hydroxyl groups is 1. The third kappa shape index (κ3) is 3.71. The van der Waals surface area contributed by atoms with Gasteiger partial charge in [0.15, 0.2) is 0 Å². The van der Waals surface area contributed by atoms with Crippen LogP contribution in [-0.2, 0) is 0 Å². The number of nitrogen functional groups attached to an aromatic ring is 1. The maximum absolute atomic E-state index is 13.1. The molecule has 4 nitrogen and oxygen atoms in total. The van der Waals surface area contributed by atoms with Crippen LogP contribution in [-0.4, -0.2) is 35.6 Å². The molecule has 5 heteroatoms. The van der Waals surface area contributed by atoms with E-state index in [-0.39, 0.29) is 30.3 Å². The number of nitrogens with two attached hydrogens (primary N) is 1. The number of aliphatic hydroxyl groups excluding tert-OH is 1. The number of halogens is 1. The normalized spacial score (nSPS) is 10.3. The van der Waals surface area contributed by atoms with E-state index in [2.05, 4.69) is 0 Å². The third-order valence-corrected chi connectivity index (χ3v) is 2.32. The smallest absolute Gasteiger partial charge is 0.254 e. The van der Waals surface area contributed by atoms with Crippen LogP contribution in [0.15, 0.2) is 18.2 Å². The van der Waals surface area contributed by atoms with Gasteiger partial charge in [-0.15, -0.1) is 0 Å². The minimum atomic E-state index is -0.534. The minimum Gasteiger partial charge on any atom is -0.399 e. The molecular formula is C12H17FN2O2. The average Bonchev–Trinajstić information content (AvgIpc) is 2.26. The van der Waals surface area contributed by atoms with Crippen molar-refractivity contribution in [2.24, 2.45) is 0 Å². The molecule has 0 radical (unpaired) electrons. The molecule has 0 aliphatic carbocycles. The fraction of sp³-hybridized carbons (Fsp3) is 0.417. The van der Waals surface area contributed by atoms with Gasteiger partial charge in [0.2, 0.25) is 0 Å². The fourth-order valence-electron chi connectivity index (χ4n) is 1.62. The lowest BCUT2D eigenvalue weighted by Crippen LogP contribution is -2.34. The molecule has 3 N–H and O–H groups in total. The van der Waals surface area contributed by atoms with E-state index in [4.69, 9.17) is 10.8 Å². The van der Waals surface area contributed by atoms with Crippen LogP contribution in [0.1, 0.15) is 23.7 Å². The average molecular weight is 240 g/mol. The van der Waals surface area contributed by atoms with Crippen LogP contribution in [0, 0.1) is 5.82 Å². The molecule has 0 saturated heterocycles. The minimum absolute atomic E-state index is 0.115. The molecule has 1 aromatic rings. The number of anilines is 1. The Morgan fingerprint density at radius 2 is 2.12 bits per heavy atom. The highest BCUT2D eigenvalue weighted by molar-refractivity contribution is 5.95. The van der Waals surface area contributed by atoms with E-state index in [0.717, 1.165) is 18.6 Å². The van der Waals surface area contributed by atoms with Gasteiger partial charge in [-0.05, 0) is 24.6 Å². The second-order valence-electron chi connectivity index (χ2n) is 3.79. The van der Waals surface area contributed by atoms with Crippen molar-refractivity contribution in [2.45, 2.75) is 13.3 Å². The zero-order valence-corrected chi connectivity index (χ0v) is 9.82. The summed E-state index contributed by atoms with van der Waals surface area (Å²) in [6.07, 6.45) is 0.774. The van der Waals surface area contributed by atoms with Crippen molar-refractivity contribution in [1.29, 1.82) is 0 Å². The molecule has 1 amide bonds. The molecule has 94 valence electrons. The maximum Gasteiger partial charge on any atom is 0.254 e. The van der Waals surface area contributed by atoms with Crippen LogP contribution >= 0.6 is 0 Å². The van der Waals surface area contributed by atoms with Gasteiger partial charge in [0.1, 0.15) is 5.82 Å². The number of hydrogen-bond donors (Lipinski definition) is 2. The van der Waals surface area contributed by atoms with Crippen molar-refractivity contribution in [3.63, 3.8) is 0 Å². The summed E-state index contributed by atoms with van der Waals surface area (Å²) in [5, 5.41) is 8.88. The quantitative estimate of drug-likeness (QED) is 0.761. The summed E-state index contributed by atoms with van der Waals surface area (Å²) in [5.74, 6) is -0.846. The van der Waals surface area contributed by atoms with Crippen LogP contribution in [0.3, 0.4) is 0 Å². The van der Waals surface area contributed by atoms with E-state index in [1.54, 1.807) is 0 Å². The molecule has 0 heterocycles. The van der Waals surface area contributed by atoms with E-state index in [0.29, 0.717) is 6.54 Å². The summed E-state index contributed by atoms with van der Waals surface area (Å²) in [6.45, 7) is 2.58. The van der Waals surface area contributed by atoms with Gasteiger partial charge >= 0.3 is 0 Å². The van der Waals surface area contributed by atoms with Gasteiger partial charge < -0.3 is 15.7 Å². The summed E-state index contributed by atoms with van der Waals surface area (Å²) in [6, 6.07) is 3.75. The van der Waals surface area contributed by atoms with E-state index in [1.807, 2.05) is 6.92 Å². The van der Waals surface area contributed by atoms with Crippen molar-refractivity contribution in [1.82, 2.24) is 4.90 Å². The molecular weight excluding hydrogens is 223 g/mol. The van der Waals surface area contributed by atoms with E-state index < -0.39 is 5.82 Å². The lowest BCUT2D eigenvalue weighted by Gasteiger charge is -2.21. The second-order valence-corrected chi connectivity index (χ2v) is 3.79. The topological polar surface area (TPSA) is 66.6 Å². The number of hydrogen-bond acceptors (Lipinski definition) is 3. The summed E-state index contributed by atoms with van der Waals surface area (Å²) in [4.78, 5) is 13.5. The van der Waals surface area contributed by atoms with Gasteiger partial charge in [-0.25, -0.2) is 4.39 Å². The molecule has 0 fully saturated rings. The molecule has 1 rings (SSSR count). The molecule has 0 bridgehead atoms. The molecule has 17 heavy (non-hydrogen) atoms. The Morgan fingerprint density at radius 1 is 1.41 bits per heavy atom. The second kappa shape index (κ2) is 6.20. The van der Waals surface area contributed by atoms with Crippen LogP contribution in [0.25, 0.3) is 0 Å². The Morgan fingerprint density at radius 3 is 2.65 bits per heavy atom. The molecule has 0 saturated carbocycles. The standard InChI is InChI=1S/C12H17FN2O2/c1-2-3-15(4-5-16)12(17)9-6-10(13)8-11(14)7-9/h6-8,16H,2-5,14H2,1H3. The van der Waals surface area contributed by atoms with Crippen LogP contribution in [0.2, 0.25) is 0 Å². The number of amides is 1. The first-order chi connectivity index (χ1) is 8.08. The fourth-order valence-corrected chi connectivity index (χ4v) is 1.62. The van der Waals surface area contributed by atoms with Crippen molar-refractivity contribution >= 4 is 11.6 Å². The summed E-state index contributed by atoms with van der Waals surface area (Å²) in [5.41, 5.74) is 5.91. The SMILES string of the molecule is CCCN(CCO)C(=O)c1cc(N)cc(F)c1. The predicted octanol–water partition coefficient (Wildman–Crippen LogP) is 1.25. The molecule has 0 atom stereocenters. The molecule has 0 aromatic heterocycles. The van der Waals surface area contributed by atoms with Crippen molar-refractivity contribution in [2.75, 3.05) is 25.4 Å². The van der Waals surface area contributed by atoms with Gasteiger partial charge in [-0.2, -0.15) is 0 Å². The first-order valence-electron chi connectivity index (χ1n) is 5.54. The Balaban J connectivity index is 2.92. The lowest BCUT2D eigenvalue weighted by molar-refractivity contribution is 0.0721. The van der Waals surface area contributed by atoms with Gasteiger partial charge in [-0.1, -0.05) is 6.92 Å². The van der Waals surface area contributed by atoms with Gasteiger partial charge in [-0.3, -0.25) is 4.79 Å². The number of benzene rings is 1. The van der Waals surface area contributed by atoms with Gasteiger partial charge in [0.05, 0.1) is 6.61 Å². The largest absolute Gasteiger partial charge is 0.399 e. The van der Waals surface area contributed by atoms with Crippen molar-refractivity contribution in [3.05, 3.63) is 29.6 Å².